The van der Waals surface area contributed by atoms with Crippen LogP contribution in [0.25, 0.3) is 0 Å². The number of hydrogen-bond acceptors (Lipinski definition) is 3. The lowest BCUT2D eigenvalue weighted by molar-refractivity contribution is -0.127. The molecule has 134 valence electrons. The summed E-state index contributed by atoms with van der Waals surface area (Å²) in [6, 6.07) is 0. The Morgan fingerprint density at radius 2 is 2.22 bits per heavy atom. The Labute approximate surface area is 162 Å². The number of amides is 1. The van der Waals surface area contributed by atoms with Gasteiger partial charge in [0.25, 0.3) is 0 Å². The van der Waals surface area contributed by atoms with Crippen LogP contribution in [0.1, 0.15) is 39.5 Å². The fraction of sp³-hybridized carbons (Fsp3) is 0.875. The first-order valence-corrected chi connectivity index (χ1v) is 9.72. The van der Waals surface area contributed by atoms with Gasteiger partial charge in [0.05, 0.1) is 0 Å². The lowest BCUT2D eigenvalue weighted by Crippen LogP contribution is -2.48. The van der Waals surface area contributed by atoms with Crippen LogP contribution in [-0.2, 0) is 4.79 Å². The Morgan fingerprint density at radius 3 is 2.87 bits per heavy atom. The van der Waals surface area contributed by atoms with Crippen LogP contribution in [0, 0.1) is 0 Å². The van der Waals surface area contributed by atoms with Crippen LogP contribution >= 0.6 is 35.7 Å². The fourth-order valence-corrected chi connectivity index (χ4v) is 4.15. The van der Waals surface area contributed by atoms with Gasteiger partial charge >= 0.3 is 0 Å². The highest BCUT2D eigenvalue weighted by Gasteiger charge is 2.22. The summed E-state index contributed by atoms with van der Waals surface area (Å²) in [5, 5.41) is 4.14. The second kappa shape index (κ2) is 11.4. The minimum Gasteiger partial charge on any atom is -0.357 e. The van der Waals surface area contributed by atoms with E-state index in [4.69, 9.17) is 4.99 Å². The summed E-state index contributed by atoms with van der Waals surface area (Å²) in [7, 11) is 0. The lowest BCUT2D eigenvalue weighted by Gasteiger charge is -2.34. The average molecular weight is 454 g/mol. The Morgan fingerprint density at radius 1 is 1.39 bits per heavy atom. The molecule has 1 unspecified atom stereocenters. The number of carbonyl (C=O) groups excluding carboxylic acids is 1. The van der Waals surface area contributed by atoms with E-state index in [1.807, 2.05) is 4.90 Å². The van der Waals surface area contributed by atoms with Gasteiger partial charge in [0.15, 0.2) is 5.96 Å². The molecule has 2 heterocycles. The number of hydrogen-bond donors (Lipinski definition) is 1. The van der Waals surface area contributed by atoms with E-state index < -0.39 is 0 Å². The van der Waals surface area contributed by atoms with E-state index in [9.17, 15) is 4.79 Å². The quantitative estimate of drug-likeness (QED) is 0.290. The number of guanidine groups is 1. The number of carbonyl (C=O) groups is 1. The van der Waals surface area contributed by atoms with E-state index in [1.165, 1.54) is 12.2 Å². The Hall–Kier alpha value is -0.180. The number of likely N-dealkylation sites (tertiary alicyclic amines) is 1. The first-order valence-electron chi connectivity index (χ1n) is 8.67. The third-order valence-corrected chi connectivity index (χ3v) is 5.62. The zero-order valence-electron chi connectivity index (χ0n) is 14.4. The molecule has 0 radical (unpaired) electrons. The summed E-state index contributed by atoms with van der Waals surface area (Å²) in [4.78, 5) is 20.7. The van der Waals surface area contributed by atoms with Crippen molar-refractivity contribution in [2.24, 2.45) is 4.99 Å². The average Bonchev–Trinajstić information content (AvgIpc) is 2.95. The van der Waals surface area contributed by atoms with Crippen molar-refractivity contribution in [1.29, 1.82) is 0 Å². The predicted octanol–water partition coefficient (Wildman–Crippen LogP) is 2.41. The maximum absolute atomic E-state index is 11.6. The molecule has 1 N–H and O–H groups in total. The minimum atomic E-state index is 0. The molecule has 2 rings (SSSR count). The van der Waals surface area contributed by atoms with E-state index >= 15 is 0 Å². The molecule has 0 bridgehead atoms. The molecular weight excluding hydrogens is 423 g/mol. The molecule has 0 spiro atoms. The van der Waals surface area contributed by atoms with Crippen molar-refractivity contribution >= 4 is 47.6 Å². The number of thioether (sulfide) groups is 1. The molecule has 2 aliphatic heterocycles. The Bertz CT molecular complexity index is 394. The highest BCUT2D eigenvalue weighted by molar-refractivity contribution is 14.0. The second-order valence-corrected chi connectivity index (χ2v) is 7.33. The van der Waals surface area contributed by atoms with Crippen LogP contribution < -0.4 is 5.32 Å². The van der Waals surface area contributed by atoms with Gasteiger partial charge in [-0.05, 0) is 26.2 Å². The van der Waals surface area contributed by atoms with Gasteiger partial charge in [0.2, 0.25) is 5.91 Å². The molecule has 0 aliphatic carbocycles. The molecule has 7 heteroatoms. The Kier molecular flexibility index (Phi) is 10.3. The highest BCUT2D eigenvalue weighted by Crippen LogP contribution is 2.21. The molecule has 0 saturated carbocycles. The number of nitrogens with one attached hydrogen (secondary N) is 1. The van der Waals surface area contributed by atoms with Crippen molar-refractivity contribution in [2.45, 2.75) is 44.8 Å². The van der Waals surface area contributed by atoms with Gasteiger partial charge in [-0.15, -0.1) is 24.0 Å². The summed E-state index contributed by atoms with van der Waals surface area (Å²) < 4.78 is 0. The maximum Gasteiger partial charge on any atom is 0.222 e. The number of aliphatic imine (C=N–C) groups is 1. The third kappa shape index (κ3) is 6.68. The number of halogens is 1. The molecule has 0 aromatic rings. The molecule has 1 atom stereocenters. The van der Waals surface area contributed by atoms with E-state index in [0.717, 1.165) is 69.7 Å². The summed E-state index contributed by atoms with van der Waals surface area (Å²) in [5.74, 6) is 2.55. The topological polar surface area (TPSA) is 47.9 Å². The van der Waals surface area contributed by atoms with E-state index in [0.29, 0.717) is 5.91 Å². The lowest BCUT2D eigenvalue weighted by atomic mass is 10.3. The van der Waals surface area contributed by atoms with Gasteiger partial charge in [0.1, 0.15) is 0 Å². The first kappa shape index (κ1) is 20.9. The van der Waals surface area contributed by atoms with Gasteiger partial charge in [-0.3, -0.25) is 9.79 Å². The zero-order chi connectivity index (χ0) is 15.8. The van der Waals surface area contributed by atoms with Crippen LogP contribution in [0.5, 0.6) is 0 Å². The minimum absolute atomic E-state index is 0. The van der Waals surface area contributed by atoms with Gasteiger partial charge in [-0.2, -0.15) is 11.8 Å². The monoisotopic (exact) mass is 454 g/mol. The highest BCUT2D eigenvalue weighted by atomic mass is 127. The van der Waals surface area contributed by atoms with Crippen LogP contribution in [0.2, 0.25) is 0 Å². The van der Waals surface area contributed by atoms with Crippen LogP contribution in [0.15, 0.2) is 4.99 Å². The largest absolute Gasteiger partial charge is 0.357 e. The number of nitrogens with zero attached hydrogens (tertiary/aromatic N) is 3. The molecule has 0 aromatic heterocycles. The molecule has 0 aromatic carbocycles. The summed E-state index contributed by atoms with van der Waals surface area (Å²) in [6.07, 6.45) is 3.93. The van der Waals surface area contributed by atoms with Gasteiger partial charge in [-0.25, -0.2) is 0 Å². The molecule has 2 aliphatic rings. The number of rotatable bonds is 6. The van der Waals surface area contributed by atoms with Crippen LogP contribution in [0.3, 0.4) is 0 Å². The molecule has 23 heavy (non-hydrogen) atoms. The molecule has 5 nitrogen and oxygen atoms in total. The smallest absolute Gasteiger partial charge is 0.222 e. The molecular formula is C16H31IN4OS. The first-order chi connectivity index (χ1) is 10.7. The maximum atomic E-state index is 11.6. The van der Waals surface area contributed by atoms with Crippen molar-refractivity contribution < 1.29 is 4.79 Å². The molecule has 2 fully saturated rings. The van der Waals surface area contributed by atoms with Crippen LogP contribution in [-0.4, -0.2) is 71.9 Å². The van der Waals surface area contributed by atoms with Crippen molar-refractivity contribution in [3.63, 3.8) is 0 Å². The summed E-state index contributed by atoms with van der Waals surface area (Å²) >= 11 is 2.08. The summed E-state index contributed by atoms with van der Waals surface area (Å²) in [5.41, 5.74) is 0. The van der Waals surface area contributed by atoms with Gasteiger partial charge in [-0.1, -0.05) is 6.92 Å². The van der Waals surface area contributed by atoms with Crippen molar-refractivity contribution in [1.82, 2.24) is 15.1 Å². The molecule has 2 saturated heterocycles. The predicted molar refractivity (Wildman–Crippen MR) is 110 cm³/mol. The van der Waals surface area contributed by atoms with Gasteiger partial charge < -0.3 is 15.1 Å². The van der Waals surface area contributed by atoms with Crippen molar-refractivity contribution in [3.05, 3.63) is 0 Å². The Balaban J connectivity index is 0.00000264. The fourth-order valence-electron chi connectivity index (χ4n) is 2.97. The van der Waals surface area contributed by atoms with Crippen molar-refractivity contribution in [3.8, 4) is 0 Å². The zero-order valence-corrected chi connectivity index (χ0v) is 17.6. The van der Waals surface area contributed by atoms with Gasteiger partial charge in [0, 0.05) is 56.7 Å². The SMILES string of the molecule is CCNC(=NCCCN1CCCC1=O)N1CCSC(CC)C1.I. The van der Waals surface area contributed by atoms with E-state index in [1.54, 1.807) is 0 Å². The van der Waals surface area contributed by atoms with Crippen LogP contribution in [0.4, 0.5) is 0 Å². The summed E-state index contributed by atoms with van der Waals surface area (Å²) in [6.45, 7) is 10.1. The third-order valence-electron chi connectivity index (χ3n) is 4.25. The van der Waals surface area contributed by atoms with E-state index in [-0.39, 0.29) is 24.0 Å². The van der Waals surface area contributed by atoms with E-state index in [2.05, 4.69) is 35.8 Å². The van der Waals surface area contributed by atoms with Crippen molar-refractivity contribution in [2.75, 3.05) is 45.0 Å². The standard InChI is InChI=1S/C16H30N4OS.HI/c1-3-14-13-20(11-12-22-14)16(17-4-2)18-8-6-10-19-9-5-7-15(19)21;/h14H,3-13H2,1-2H3,(H,17,18);1H. The normalized spacial score (nSPS) is 22.3. The molecule has 1 amide bonds. The second-order valence-electron chi connectivity index (χ2n) is 5.92.